The lowest BCUT2D eigenvalue weighted by atomic mass is 10.1. The van der Waals surface area contributed by atoms with Crippen molar-refractivity contribution in [2.75, 3.05) is 47.0 Å². The summed E-state index contributed by atoms with van der Waals surface area (Å²) in [5.74, 6) is 8.67. The van der Waals surface area contributed by atoms with Crippen molar-refractivity contribution in [3.05, 3.63) is 60.7 Å². The van der Waals surface area contributed by atoms with Crippen LogP contribution in [-0.2, 0) is 7.05 Å². The zero-order valence-corrected chi connectivity index (χ0v) is 20.7. The molecule has 0 radical (unpaired) electrons. The number of aryl methyl sites for hydroxylation is 1. The number of anilines is 4. The van der Waals surface area contributed by atoms with E-state index < -0.39 is 0 Å². The summed E-state index contributed by atoms with van der Waals surface area (Å²) in [4.78, 5) is 13.4. The number of hydrogen-bond acceptors (Lipinski definition) is 10. The third-order valence-electron chi connectivity index (χ3n) is 6.15. The fraction of sp³-hybridized carbons (Fsp3) is 0.269. The number of para-hydroxylation sites is 1. The molecule has 1 aliphatic heterocycles. The Morgan fingerprint density at radius 1 is 1.16 bits per heavy atom. The third kappa shape index (κ3) is 5.38. The Morgan fingerprint density at radius 3 is 2.81 bits per heavy atom. The van der Waals surface area contributed by atoms with Crippen LogP contribution in [0, 0.1) is 11.8 Å². The van der Waals surface area contributed by atoms with Crippen LogP contribution in [0.4, 0.5) is 23.1 Å². The number of aromatic hydroxyl groups is 1. The van der Waals surface area contributed by atoms with E-state index in [-0.39, 0.29) is 11.8 Å². The lowest BCUT2D eigenvalue weighted by Gasteiger charge is -2.41. The van der Waals surface area contributed by atoms with Gasteiger partial charge >= 0.3 is 0 Å². The van der Waals surface area contributed by atoms with Gasteiger partial charge in [0, 0.05) is 56.7 Å². The zero-order valence-electron chi connectivity index (χ0n) is 20.7. The summed E-state index contributed by atoms with van der Waals surface area (Å²) >= 11 is 0. The Labute approximate surface area is 215 Å². The largest absolute Gasteiger partial charge is 0.507 e. The van der Waals surface area contributed by atoms with E-state index in [2.05, 4.69) is 59.1 Å². The number of nitrogens with zero attached hydrogens (tertiary/aromatic N) is 8. The zero-order chi connectivity index (χ0) is 25.8. The summed E-state index contributed by atoms with van der Waals surface area (Å²) in [7, 11) is 1.87. The van der Waals surface area contributed by atoms with Gasteiger partial charge in [-0.1, -0.05) is 18.1 Å². The molecule has 11 heteroatoms. The maximum Gasteiger partial charge on any atom is 0.206 e. The normalized spacial score (nSPS) is 15.2. The molecule has 0 bridgehead atoms. The highest BCUT2D eigenvalue weighted by molar-refractivity contribution is 5.74. The minimum atomic E-state index is 0.129. The maximum atomic E-state index is 10.2. The van der Waals surface area contributed by atoms with E-state index in [1.54, 1.807) is 23.0 Å². The number of phenols is 1. The molecule has 1 aliphatic rings. The van der Waals surface area contributed by atoms with Crippen molar-refractivity contribution in [1.82, 2.24) is 29.9 Å². The molecule has 1 atom stereocenters. The average molecular weight is 497 g/mol. The molecule has 1 saturated heterocycles. The van der Waals surface area contributed by atoms with Crippen molar-refractivity contribution in [3.8, 4) is 28.8 Å². The number of nitrogen functional groups attached to an aromatic ring is 1. The first kappa shape index (κ1) is 23.9. The van der Waals surface area contributed by atoms with E-state index in [0.29, 0.717) is 29.4 Å². The van der Waals surface area contributed by atoms with Gasteiger partial charge in [-0.05, 0) is 37.1 Å². The van der Waals surface area contributed by atoms with Crippen molar-refractivity contribution in [1.29, 1.82) is 0 Å². The molecule has 0 saturated carbocycles. The van der Waals surface area contributed by atoms with Crippen LogP contribution in [0.1, 0.15) is 12.7 Å². The fourth-order valence-corrected chi connectivity index (χ4v) is 4.32. The number of benzene rings is 1. The van der Waals surface area contributed by atoms with E-state index >= 15 is 0 Å². The van der Waals surface area contributed by atoms with Crippen LogP contribution in [0.15, 0.2) is 54.9 Å². The number of piperazine rings is 1. The first-order valence-corrected chi connectivity index (χ1v) is 12.0. The highest BCUT2D eigenvalue weighted by atomic mass is 16.3. The van der Waals surface area contributed by atoms with Crippen LogP contribution in [0.3, 0.4) is 0 Å². The lowest BCUT2D eigenvalue weighted by Crippen LogP contribution is -2.52. The number of hydrogen-bond donors (Lipinski definition) is 3. The van der Waals surface area contributed by atoms with Crippen LogP contribution in [0.25, 0.3) is 11.3 Å². The molecule has 5 rings (SSSR count). The smallest absolute Gasteiger partial charge is 0.206 e. The van der Waals surface area contributed by atoms with Gasteiger partial charge in [-0.3, -0.25) is 4.68 Å². The molecular formula is C26H28N10O. The van der Waals surface area contributed by atoms with Gasteiger partial charge in [0.2, 0.25) is 5.82 Å². The van der Waals surface area contributed by atoms with Crippen molar-refractivity contribution < 1.29 is 5.11 Å². The second-order valence-corrected chi connectivity index (χ2v) is 8.77. The predicted octanol–water partition coefficient (Wildman–Crippen LogP) is 2.13. The van der Waals surface area contributed by atoms with Crippen molar-refractivity contribution in [2.24, 2.45) is 7.05 Å². The standard InChI is InChI=1S/C26H28N10O/c1-18-17-35(25-9-12-29-23(30-25)8-5-11-28-24-10-13-34(2)33-24)14-15-36(18)21-16-20(31-32-26(21)27)19-6-3-4-7-22(19)37/h3-4,6-7,9-10,12-13,16,18,37H,11,14-15,17H2,1-2H3,(H2,27,32)(H,28,33). The fourth-order valence-electron chi connectivity index (χ4n) is 4.32. The summed E-state index contributed by atoms with van der Waals surface area (Å²) in [6, 6.07) is 12.9. The first-order valence-electron chi connectivity index (χ1n) is 12.0. The number of nitrogens with one attached hydrogen (secondary N) is 1. The number of nitrogens with two attached hydrogens (primary N) is 1. The number of rotatable bonds is 5. The lowest BCUT2D eigenvalue weighted by molar-refractivity contribution is 0.477. The maximum absolute atomic E-state index is 10.2. The van der Waals surface area contributed by atoms with Gasteiger partial charge in [-0.2, -0.15) is 5.10 Å². The predicted molar refractivity (Wildman–Crippen MR) is 143 cm³/mol. The third-order valence-corrected chi connectivity index (χ3v) is 6.15. The molecule has 4 N–H and O–H groups in total. The molecule has 4 aromatic rings. The molecule has 1 unspecified atom stereocenters. The molecule has 4 heterocycles. The summed E-state index contributed by atoms with van der Waals surface area (Å²) in [6.45, 7) is 4.78. The van der Waals surface area contributed by atoms with Gasteiger partial charge in [-0.15, -0.1) is 10.2 Å². The highest BCUT2D eigenvalue weighted by Gasteiger charge is 2.27. The Balaban J connectivity index is 1.26. The Morgan fingerprint density at radius 2 is 2.03 bits per heavy atom. The van der Waals surface area contributed by atoms with Gasteiger partial charge in [0.25, 0.3) is 0 Å². The summed E-state index contributed by atoms with van der Waals surface area (Å²) in [5, 5.41) is 26.0. The minimum Gasteiger partial charge on any atom is -0.507 e. The van der Waals surface area contributed by atoms with Crippen LogP contribution in [0.2, 0.25) is 0 Å². The molecule has 0 spiro atoms. The van der Waals surface area contributed by atoms with E-state index in [0.717, 1.165) is 37.0 Å². The number of phenolic OH excluding ortho intramolecular Hbond substituents is 1. The van der Waals surface area contributed by atoms with Crippen LogP contribution in [0.5, 0.6) is 5.75 Å². The Hall–Kier alpha value is -4.85. The van der Waals surface area contributed by atoms with Gasteiger partial charge in [0.1, 0.15) is 17.4 Å². The molecule has 1 aromatic carbocycles. The molecule has 0 amide bonds. The molecule has 3 aromatic heterocycles. The molecule has 11 nitrogen and oxygen atoms in total. The highest BCUT2D eigenvalue weighted by Crippen LogP contribution is 2.33. The topological polar surface area (TPSA) is 134 Å². The van der Waals surface area contributed by atoms with Gasteiger partial charge in [0.05, 0.1) is 17.9 Å². The van der Waals surface area contributed by atoms with E-state index in [4.69, 9.17) is 5.73 Å². The second kappa shape index (κ2) is 10.4. The number of aromatic nitrogens is 6. The van der Waals surface area contributed by atoms with E-state index in [9.17, 15) is 5.11 Å². The Bertz CT molecular complexity index is 1460. The Kier molecular flexibility index (Phi) is 6.72. The SMILES string of the molecule is CC1CN(c2ccnc(C#CCNc3ccn(C)n3)n2)CCN1c1cc(-c2ccccc2O)nnc1N. The van der Waals surface area contributed by atoms with Crippen LogP contribution < -0.4 is 20.9 Å². The molecular weight excluding hydrogens is 468 g/mol. The van der Waals surface area contributed by atoms with Gasteiger partial charge in [-0.25, -0.2) is 9.97 Å². The quantitative estimate of drug-likeness (QED) is 0.353. The summed E-state index contributed by atoms with van der Waals surface area (Å²) in [6.07, 6.45) is 3.61. The van der Waals surface area contributed by atoms with Gasteiger partial charge < -0.3 is 26.0 Å². The molecule has 1 fully saturated rings. The van der Waals surface area contributed by atoms with Crippen LogP contribution in [-0.4, -0.2) is 67.3 Å². The summed E-state index contributed by atoms with van der Waals surface area (Å²) < 4.78 is 1.73. The first-order chi connectivity index (χ1) is 18.0. The molecule has 37 heavy (non-hydrogen) atoms. The van der Waals surface area contributed by atoms with Crippen molar-refractivity contribution in [3.63, 3.8) is 0 Å². The second-order valence-electron chi connectivity index (χ2n) is 8.77. The monoisotopic (exact) mass is 496 g/mol. The minimum absolute atomic E-state index is 0.129. The van der Waals surface area contributed by atoms with Gasteiger partial charge in [0.15, 0.2) is 5.82 Å². The molecule has 0 aliphatic carbocycles. The molecule has 188 valence electrons. The van der Waals surface area contributed by atoms with Crippen molar-refractivity contribution in [2.45, 2.75) is 13.0 Å². The summed E-state index contributed by atoms with van der Waals surface area (Å²) in [5.41, 5.74) is 8.22. The average Bonchev–Trinajstić information content (AvgIpc) is 3.32. The van der Waals surface area contributed by atoms with E-state index in [1.165, 1.54) is 0 Å². The van der Waals surface area contributed by atoms with Crippen LogP contribution >= 0.6 is 0 Å². The van der Waals surface area contributed by atoms with Crippen molar-refractivity contribution >= 4 is 23.1 Å². The van der Waals surface area contributed by atoms with E-state index in [1.807, 2.05) is 43.6 Å².